The van der Waals surface area contributed by atoms with Crippen LogP contribution in [0.15, 0.2) is 60.7 Å². The molecule has 55 heavy (non-hydrogen) atoms. The van der Waals surface area contributed by atoms with E-state index in [1.54, 1.807) is 48.5 Å². The Labute approximate surface area is 414 Å². The van der Waals surface area contributed by atoms with Crippen molar-refractivity contribution < 1.29 is 138 Å². The fourth-order valence-electron chi connectivity index (χ4n) is 8.48. The van der Waals surface area contributed by atoms with Crippen LogP contribution in [0.3, 0.4) is 0 Å². The van der Waals surface area contributed by atoms with E-state index in [0.29, 0.717) is 27.3 Å². The summed E-state index contributed by atoms with van der Waals surface area (Å²) in [6.07, 6.45) is 9.56. The molecule has 0 saturated heterocycles. The summed E-state index contributed by atoms with van der Waals surface area (Å²) < 4.78 is 86.9. The molecule has 2 aliphatic carbocycles. The molecule has 0 radical (unpaired) electrons. The smallest absolute Gasteiger partial charge is 0.748 e. The number of nitrogens with zero attached hydrogens (tertiary/aromatic N) is 2. The van der Waals surface area contributed by atoms with Crippen LogP contribution in [-0.2, 0) is 37.9 Å². The van der Waals surface area contributed by atoms with Gasteiger partial charge in [0.25, 0.3) is 0 Å². The first kappa shape index (κ1) is 49.9. The Kier molecular flexibility index (Phi) is 20.4. The third-order valence-electron chi connectivity index (χ3n) is 11.5. The summed E-state index contributed by atoms with van der Waals surface area (Å²) in [5, 5.41) is 0.820. The van der Waals surface area contributed by atoms with Gasteiger partial charge in [-0.25, -0.2) is 16.8 Å². The van der Waals surface area contributed by atoms with E-state index in [2.05, 4.69) is 9.80 Å². The second kappa shape index (κ2) is 22.4. The van der Waals surface area contributed by atoms with Crippen LogP contribution >= 0.6 is 7.14 Å². The van der Waals surface area contributed by atoms with Crippen molar-refractivity contribution in [3.05, 3.63) is 94.0 Å². The van der Waals surface area contributed by atoms with Gasteiger partial charge in [0.2, 0.25) is 12.7 Å². The van der Waals surface area contributed by atoms with E-state index < -0.39 is 44.4 Å². The van der Waals surface area contributed by atoms with Crippen molar-refractivity contribution in [3.8, 4) is 0 Å². The van der Waals surface area contributed by atoms with Crippen LogP contribution < -0.4 is 113 Å². The number of hydrogen-bond acceptors (Lipinski definition) is 10. The van der Waals surface area contributed by atoms with E-state index in [9.17, 15) is 25.9 Å². The minimum atomic E-state index is -4.50. The third-order valence-corrected chi connectivity index (χ3v) is 15.7. The summed E-state index contributed by atoms with van der Waals surface area (Å²) in [7, 11) is -12.9. The summed E-state index contributed by atoms with van der Waals surface area (Å²) in [6.45, 7) is 6.35. The van der Waals surface area contributed by atoms with E-state index in [1.165, 1.54) is 0 Å². The summed E-state index contributed by atoms with van der Waals surface area (Å²) in [5.41, 5.74) is 3.60. The van der Waals surface area contributed by atoms with E-state index in [1.807, 2.05) is 32.9 Å². The molecule has 0 unspecified atom stereocenters. The zero-order valence-corrected chi connectivity index (χ0v) is 41.9. The second-order valence-electron chi connectivity index (χ2n) is 14.8. The van der Waals surface area contributed by atoms with Gasteiger partial charge in [0.05, 0.1) is 31.7 Å². The van der Waals surface area contributed by atoms with Gasteiger partial charge in [0.1, 0.15) is 0 Å². The molecule has 3 aromatic rings. The van der Waals surface area contributed by atoms with Gasteiger partial charge in [-0.05, 0) is 74.3 Å². The van der Waals surface area contributed by atoms with Crippen LogP contribution in [0.2, 0.25) is 0 Å². The molecule has 0 aliphatic heterocycles. The summed E-state index contributed by atoms with van der Waals surface area (Å²) in [6, 6.07) is 17.7. The summed E-state index contributed by atoms with van der Waals surface area (Å²) >= 11 is 0. The molecule has 0 aromatic heterocycles. The Balaban J connectivity index is 0.00000406. The minimum absolute atomic E-state index is 0. The standard InChI is InChI=1S/C40H55N2O8PS2.2K/c1-30-37(28-41(24-26-52(45,46)47)33-16-8-4-9-17-33)31(2)39(40(43)51(44,35-20-12-6-13-21-35)36-22-14-7-15-23-36)32(3)38(30)29-42(25-27-53(48,49)50)34-18-10-5-11-19-34;;/h6-7,12-15,20-23,33-34H,4-5,8-11,16-19,24-29H2,1-3H3,(H,45,46,47)(H,48,49,50);;/q;2*+1/p-2. The van der Waals surface area contributed by atoms with Gasteiger partial charge in [0.15, 0.2) is 0 Å². The van der Waals surface area contributed by atoms with Crippen LogP contribution in [-0.4, -0.2) is 77.9 Å². The Morgan fingerprint density at radius 2 is 0.964 bits per heavy atom. The van der Waals surface area contributed by atoms with Gasteiger partial charge in [-0.1, -0.05) is 99.2 Å². The van der Waals surface area contributed by atoms with Crippen molar-refractivity contribution in [1.82, 2.24) is 9.80 Å². The zero-order valence-electron chi connectivity index (χ0n) is 33.2. The zero-order chi connectivity index (χ0) is 38.4. The average Bonchev–Trinajstić information content (AvgIpc) is 3.14. The predicted molar refractivity (Wildman–Crippen MR) is 208 cm³/mol. The molecule has 0 amide bonds. The van der Waals surface area contributed by atoms with Crippen LogP contribution in [0.1, 0.15) is 102 Å². The Bertz CT molecular complexity index is 1880. The minimum Gasteiger partial charge on any atom is -0.748 e. The maximum Gasteiger partial charge on any atom is 1.00 e. The molecule has 290 valence electrons. The topological polar surface area (TPSA) is 155 Å². The Morgan fingerprint density at radius 3 is 1.29 bits per heavy atom. The first-order valence-corrected chi connectivity index (χ1v) is 23.7. The van der Waals surface area contributed by atoms with Gasteiger partial charge in [-0.2, -0.15) is 0 Å². The van der Waals surface area contributed by atoms with Crippen molar-refractivity contribution in [2.24, 2.45) is 0 Å². The molecular formula is C40H53K2N2O8PS2. The molecule has 15 heteroatoms. The van der Waals surface area contributed by atoms with Gasteiger partial charge in [0, 0.05) is 54.4 Å². The molecule has 2 fully saturated rings. The van der Waals surface area contributed by atoms with Crippen LogP contribution in [0.25, 0.3) is 0 Å². The van der Waals surface area contributed by atoms with Gasteiger partial charge in [-0.15, -0.1) is 0 Å². The van der Waals surface area contributed by atoms with Crippen molar-refractivity contribution >= 4 is 43.5 Å². The SMILES string of the molecule is Cc1c(CN(CCS(=O)(=O)[O-])C2CCCCC2)c(C)c(C(=O)P(=O)(c2ccccc2)c2ccccc2)c(C)c1CN(CCS(=O)(=O)[O-])C1CCCCC1.[K+].[K+]. The first-order valence-electron chi connectivity index (χ1n) is 18.8. The predicted octanol–water partition coefficient (Wildman–Crippen LogP) is 0.134. The number of carbonyl (C=O) groups is 1. The molecule has 0 N–H and O–H groups in total. The molecular weight excluding hydrogens is 810 g/mol. The second-order valence-corrected chi connectivity index (χ2v) is 20.5. The molecule has 0 atom stereocenters. The third kappa shape index (κ3) is 13.3. The largest absolute Gasteiger partial charge is 1.00 e. The summed E-state index contributed by atoms with van der Waals surface area (Å²) in [5.74, 6) is -1.08. The van der Waals surface area contributed by atoms with Gasteiger partial charge in [-0.3, -0.25) is 14.6 Å². The molecule has 3 aromatic carbocycles. The maximum absolute atomic E-state index is 15.5. The molecule has 0 bridgehead atoms. The summed E-state index contributed by atoms with van der Waals surface area (Å²) in [4.78, 5) is 19.4. The Morgan fingerprint density at radius 1 is 0.618 bits per heavy atom. The van der Waals surface area contributed by atoms with E-state index >= 15 is 9.36 Å². The average molecular weight is 863 g/mol. The fraction of sp³-hybridized carbons (Fsp3) is 0.525. The molecule has 5 rings (SSSR count). The van der Waals surface area contributed by atoms with Crippen LogP contribution in [0, 0.1) is 20.8 Å². The fourth-order valence-corrected chi connectivity index (χ4v) is 12.0. The number of rotatable bonds is 16. The quantitative estimate of drug-likeness (QED) is 0.110. The van der Waals surface area contributed by atoms with Crippen molar-refractivity contribution in [2.45, 2.75) is 110 Å². The maximum atomic E-state index is 15.5. The number of benzene rings is 3. The van der Waals surface area contributed by atoms with Crippen molar-refractivity contribution in [3.63, 3.8) is 0 Å². The van der Waals surface area contributed by atoms with Crippen molar-refractivity contribution in [2.75, 3.05) is 24.6 Å². The van der Waals surface area contributed by atoms with E-state index in [0.717, 1.165) is 80.9 Å². The first-order chi connectivity index (χ1) is 25.1. The van der Waals surface area contributed by atoms with E-state index in [-0.39, 0.29) is 141 Å². The van der Waals surface area contributed by atoms with Crippen molar-refractivity contribution in [1.29, 1.82) is 0 Å². The molecule has 10 nitrogen and oxygen atoms in total. The van der Waals surface area contributed by atoms with Crippen LogP contribution in [0.5, 0.6) is 0 Å². The monoisotopic (exact) mass is 862 g/mol. The molecule has 2 saturated carbocycles. The molecule has 0 heterocycles. The number of hydrogen-bond donors (Lipinski definition) is 0. The van der Waals surface area contributed by atoms with Gasteiger partial charge < -0.3 is 13.7 Å². The number of carbonyl (C=O) groups excluding carboxylic acids is 1. The Hall–Kier alpha value is 0.573. The van der Waals surface area contributed by atoms with Gasteiger partial charge >= 0.3 is 103 Å². The normalized spacial score (nSPS) is 16.1. The van der Waals surface area contributed by atoms with Crippen LogP contribution in [0.4, 0.5) is 0 Å². The molecule has 0 spiro atoms. The molecule has 2 aliphatic rings. The van der Waals surface area contributed by atoms with E-state index in [4.69, 9.17) is 0 Å².